The second kappa shape index (κ2) is 84.8. The monoisotopic (exact) mass is 1610 g/mol. The normalized spacial score (nSPS) is 12.5. The summed E-state index contributed by atoms with van der Waals surface area (Å²) in [5.74, 6) is 0. The van der Waals surface area contributed by atoms with Crippen LogP contribution in [0.3, 0.4) is 0 Å². The molecule has 660 valence electrons. The van der Waals surface area contributed by atoms with Crippen LogP contribution in [0.25, 0.3) is 16.9 Å². The maximum absolute atomic E-state index is 13.0. The molecule has 0 saturated heterocycles. The molecule has 2 aromatic rings. The SMILES string of the molecule is CCCCCCCCCCCCCCCCC=CC1=C(c2cc(CCCC)cc(CCCC)c2)[N+](=[N-])C(c2cc(CCCCCCCCCCCCCCCCCCCCCCC)cc(CCCCCCCCCCCCCCCCCCCCCCC)c2)=C1CC.CCCCCCCCC[CH2][Ni][CH2]CCCCCCCCC. The summed E-state index contributed by atoms with van der Waals surface area (Å²) >= 11 is 2.02. The van der Waals surface area contributed by atoms with E-state index in [0.29, 0.717) is 0 Å². The van der Waals surface area contributed by atoms with Crippen LogP contribution in [0.2, 0.25) is 10.8 Å². The molecule has 1 heterocycles. The molecule has 3 heteroatoms. The zero-order chi connectivity index (χ0) is 81.1. The standard InChI is InChI=1S/C90H158N2.2C10H21.Ni/c1-7-13-18-21-24-27-30-33-36-39-41-43-45-47-49-52-55-58-61-64-67-72-83-76-84(73-68-65-62-59-56-53-50-48-46-44-42-40-37-34-31-28-25-22-19-14-8-2)80-85(79-83)89-87(12-6)88(74-69-66-63-60-57-54-51-38-35-32-29-26-23-20-15-9-3)90(92(89)91)86-77-81(70-16-10-4)75-82(78-86)71-17-11-5;2*1-3-5-7-9-10-8-6-4-2;/h69,74-80H,7-68,70-73H2,1-6H3;2*1,3-10H2,2H3;. The number of allylic oxidation sites excluding steroid dienone is 4. The van der Waals surface area contributed by atoms with Crippen molar-refractivity contribution in [2.45, 2.75) is 593 Å². The summed E-state index contributed by atoms with van der Waals surface area (Å²) in [7, 11) is 0. The van der Waals surface area contributed by atoms with Gasteiger partial charge in [0.25, 0.3) is 0 Å². The van der Waals surface area contributed by atoms with E-state index in [-0.39, 0.29) is 0 Å². The fourth-order valence-corrected chi connectivity index (χ4v) is 19.0. The molecule has 1 aliphatic heterocycles. The molecule has 0 amide bonds. The average molecular weight is 1610 g/mol. The van der Waals surface area contributed by atoms with Crippen LogP contribution in [-0.4, -0.2) is 4.70 Å². The number of rotatable bonds is 87. The molecule has 2 aromatic carbocycles. The predicted octanol–water partition coefficient (Wildman–Crippen LogP) is 40.1. The Morgan fingerprint density at radius 1 is 0.230 bits per heavy atom. The summed E-state index contributed by atoms with van der Waals surface area (Å²) in [6, 6.07) is 14.9. The summed E-state index contributed by atoms with van der Waals surface area (Å²) in [4.78, 5) is 0. The molecule has 113 heavy (non-hydrogen) atoms. The molecule has 0 spiro atoms. The molecule has 2 nitrogen and oxygen atoms in total. The fraction of sp³-hybridized carbons (Fsp3) is 0.836. The minimum atomic E-state index is 0.894. The molecule has 3 rings (SSSR count). The van der Waals surface area contributed by atoms with Gasteiger partial charge in [-0.1, -0.05) is 419 Å². The third-order valence-corrected chi connectivity index (χ3v) is 26.6. The Hall–Kier alpha value is -2.25. The van der Waals surface area contributed by atoms with E-state index in [2.05, 4.69) is 104 Å². The van der Waals surface area contributed by atoms with Crippen LogP contribution in [0.4, 0.5) is 0 Å². The zero-order valence-electron chi connectivity index (χ0n) is 78.2. The van der Waals surface area contributed by atoms with Crippen LogP contribution in [0.15, 0.2) is 59.7 Å². The number of aryl methyl sites for hydroxylation is 4. The van der Waals surface area contributed by atoms with Gasteiger partial charge in [-0.25, -0.2) is 4.70 Å². The molecule has 0 aliphatic carbocycles. The summed E-state index contributed by atoms with van der Waals surface area (Å²) in [6.07, 6.45) is 119. The molecular weight excluding hydrogens is 1410 g/mol. The Kier molecular flexibility index (Phi) is 80.1. The van der Waals surface area contributed by atoms with E-state index in [1.54, 1.807) is 4.70 Å². The van der Waals surface area contributed by atoms with E-state index in [0.717, 1.165) is 49.9 Å². The van der Waals surface area contributed by atoms with Crippen molar-refractivity contribution < 1.29 is 19.1 Å². The zero-order valence-corrected chi connectivity index (χ0v) is 79.2. The van der Waals surface area contributed by atoms with Gasteiger partial charge < -0.3 is 5.53 Å². The van der Waals surface area contributed by atoms with E-state index < -0.39 is 0 Å². The summed E-state index contributed by atoms with van der Waals surface area (Å²) in [5, 5.41) is 2.86. The van der Waals surface area contributed by atoms with Crippen molar-refractivity contribution in [3.8, 4) is 0 Å². The van der Waals surface area contributed by atoms with Gasteiger partial charge in [-0.15, -0.1) is 0 Å². The van der Waals surface area contributed by atoms with Gasteiger partial charge in [0, 0.05) is 16.7 Å². The first-order valence-corrected chi connectivity index (χ1v) is 53.7. The van der Waals surface area contributed by atoms with Gasteiger partial charge in [-0.3, -0.25) is 0 Å². The molecule has 0 bridgehead atoms. The molecule has 0 N–H and O–H groups in total. The Balaban J connectivity index is 0.00000178. The number of unbranched alkanes of at least 4 members (excludes halogenated alkanes) is 70. The van der Waals surface area contributed by atoms with Gasteiger partial charge in [-0.05, 0) is 117 Å². The molecule has 1 aliphatic rings. The molecular formula is C110H200N2Ni. The Labute approximate surface area is 717 Å². The molecule has 0 unspecified atom stereocenters. The van der Waals surface area contributed by atoms with Crippen LogP contribution in [0, 0.1) is 0 Å². The predicted molar refractivity (Wildman–Crippen MR) is 509 cm³/mol. The molecule has 0 atom stereocenters. The van der Waals surface area contributed by atoms with E-state index in [1.165, 1.54) is 543 Å². The quantitative estimate of drug-likeness (QED) is 0.0358. The third kappa shape index (κ3) is 63.4. The van der Waals surface area contributed by atoms with E-state index in [4.69, 9.17) is 0 Å². The van der Waals surface area contributed by atoms with Gasteiger partial charge in [-0.2, -0.15) is 0 Å². The number of hydrogen-bond acceptors (Lipinski definition) is 0. The van der Waals surface area contributed by atoms with Crippen LogP contribution in [-0.2, 0) is 40.1 Å². The van der Waals surface area contributed by atoms with Gasteiger partial charge in [0.1, 0.15) is 0 Å². The Morgan fingerprint density at radius 3 is 0.673 bits per heavy atom. The molecule has 0 saturated carbocycles. The fourth-order valence-electron chi connectivity index (χ4n) is 17.7. The second-order valence-electron chi connectivity index (χ2n) is 36.4. The van der Waals surface area contributed by atoms with Crippen molar-refractivity contribution >= 4 is 11.4 Å². The molecule has 0 radical (unpaired) electrons. The number of hydrogen-bond donors (Lipinski definition) is 0. The topological polar surface area (TPSA) is 25.3 Å². The Morgan fingerprint density at radius 2 is 0.434 bits per heavy atom. The van der Waals surface area contributed by atoms with Crippen LogP contribution >= 0.6 is 0 Å². The van der Waals surface area contributed by atoms with Crippen molar-refractivity contribution in [1.82, 2.24) is 0 Å². The van der Waals surface area contributed by atoms with Gasteiger partial charge in [0.2, 0.25) is 11.4 Å². The van der Waals surface area contributed by atoms with Crippen molar-refractivity contribution in [2.24, 2.45) is 0 Å². The molecule has 0 aromatic heterocycles. The van der Waals surface area contributed by atoms with Crippen molar-refractivity contribution in [1.29, 1.82) is 0 Å². The van der Waals surface area contributed by atoms with E-state index >= 15 is 0 Å². The van der Waals surface area contributed by atoms with Crippen molar-refractivity contribution in [3.05, 3.63) is 98.6 Å². The van der Waals surface area contributed by atoms with Gasteiger partial charge >= 0.3 is 142 Å². The maximum atomic E-state index is 13.0. The van der Waals surface area contributed by atoms with Gasteiger partial charge in [0.05, 0.1) is 5.57 Å². The Bertz CT molecular complexity index is 2330. The first-order chi connectivity index (χ1) is 55.9. The first-order valence-electron chi connectivity index (χ1n) is 52.3. The second-order valence-corrected chi connectivity index (χ2v) is 37.9. The number of benzene rings is 2. The summed E-state index contributed by atoms with van der Waals surface area (Å²) in [6.45, 7) is 18.5. The first kappa shape index (κ1) is 107. The van der Waals surface area contributed by atoms with Crippen molar-refractivity contribution in [2.75, 3.05) is 0 Å². The summed E-state index contributed by atoms with van der Waals surface area (Å²) < 4.78 is 1.67. The van der Waals surface area contributed by atoms with Crippen LogP contribution in [0.5, 0.6) is 0 Å². The van der Waals surface area contributed by atoms with E-state index in [1.807, 2.05) is 14.4 Å². The van der Waals surface area contributed by atoms with E-state index in [9.17, 15) is 5.53 Å². The van der Waals surface area contributed by atoms with Gasteiger partial charge in [0.15, 0.2) is 0 Å². The number of nitrogens with zero attached hydrogens (tertiary/aromatic N) is 2. The average Bonchev–Trinajstić information content (AvgIpc) is 1.60. The van der Waals surface area contributed by atoms with Crippen LogP contribution in [0.1, 0.15) is 590 Å². The molecule has 0 fully saturated rings. The van der Waals surface area contributed by atoms with Crippen molar-refractivity contribution in [3.63, 3.8) is 0 Å². The summed E-state index contributed by atoms with van der Waals surface area (Å²) in [5.41, 5.74) is 25.8. The minimum absolute atomic E-state index is 0.894. The van der Waals surface area contributed by atoms with Crippen LogP contribution < -0.4 is 0 Å². The third-order valence-electron chi connectivity index (χ3n) is 25.2.